The highest BCUT2D eigenvalue weighted by Crippen LogP contribution is 2.69. The van der Waals surface area contributed by atoms with E-state index in [1.165, 1.54) is 12.5 Å². The lowest BCUT2D eigenvalue weighted by molar-refractivity contribution is -0.392. The number of rotatable bonds is 14. The zero-order valence-electron chi connectivity index (χ0n) is 41.0. The third-order valence-corrected chi connectivity index (χ3v) is 14.3. The lowest BCUT2D eigenvalue weighted by Crippen LogP contribution is -2.80. The number of carbonyl (C=O) groups is 4. The number of fused-ring (bicyclic) bond motifs is 3. The van der Waals surface area contributed by atoms with Crippen molar-refractivity contribution in [3.8, 4) is 0 Å². The van der Waals surface area contributed by atoms with E-state index in [-0.39, 0.29) is 42.9 Å². The Morgan fingerprint density at radius 3 is 2.21 bits per heavy atom. The van der Waals surface area contributed by atoms with Crippen molar-refractivity contribution >= 4 is 24.0 Å². The SMILES string of the molecule is CC(=O)O[C@@]12CO[C@@H]1C[C@@H]1O[C@H](C=C(C)CCC=C(C)C)O[C@H]3[C@@H](O)C4=C(C)[C@@H](OC(=O)[C@H](O)[C@H](CC(C)C)NC(=O)OC(C)(C)C)C[C@@]4(C(C)(C)O)[C@@H](OC(=O)c4ccccc4)[C@H]2[C@@]13C. The summed E-state index contributed by atoms with van der Waals surface area (Å²) < 4.78 is 44.9. The number of hydrogen-bond acceptors (Lipinski definition) is 14. The molecule has 1 aromatic carbocycles. The number of amides is 1. The molecule has 0 aromatic heterocycles. The predicted octanol–water partition coefficient (Wildman–Crippen LogP) is 6.81. The van der Waals surface area contributed by atoms with Crippen LogP contribution in [0.25, 0.3) is 0 Å². The van der Waals surface area contributed by atoms with Crippen molar-refractivity contribution in [2.24, 2.45) is 22.7 Å². The fourth-order valence-electron chi connectivity index (χ4n) is 11.4. The second kappa shape index (κ2) is 19.1. The third-order valence-electron chi connectivity index (χ3n) is 14.3. The van der Waals surface area contributed by atoms with Crippen LogP contribution < -0.4 is 5.32 Å². The molecule has 15 heteroatoms. The number of ether oxygens (including phenoxy) is 7. The van der Waals surface area contributed by atoms with Crippen molar-refractivity contribution in [2.45, 2.75) is 194 Å². The second-order valence-corrected chi connectivity index (χ2v) is 21.5. The highest BCUT2D eigenvalue weighted by molar-refractivity contribution is 5.89. The maximum atomic E-state index is 14.6. The molecule has 4 fully saturated rings. The van der Waals surface area contributed by atoms with E-state index in [0.717, 1.165) is 18.4 Å². The molecule has 5 aliphatic rings. The summed E-state index contributed by atoms with van der Waals surface area (Å²) in [6, 6.07) is 7.23. The first kappa shape index (κ1) is 51.3. The van der Waals surface area contributed by atoms with E-state index in [0.29, 0.717) is 5.57 Å². The Morgan fingerprint density at radius 2 is 1.65 bits per heavy atom. The number of hydrogen-bond donors (Lipinski definition) is 4. The van der Waals surface area contributed by atoms with Gasteiger partial charge < -0.3 is 53.8 Å². The Bertz CT molecular complexity index is 2080. The van der Waals surface area contributed by atoms with Gasteiger partial charge in [-0.1, -0.05) is 56.2 Å². The molecule has 2 saturated heterocycles. The maximum absolute atomic E-state index is 14.6. The maximum Gasteiger partial charge on any atom is 0.407 e. The molecule has 0 spiro atoms. The van der Waals surface area contributed by atoms with Crippen molar-refractivity contribution in [3.63, 3.8) is 0 Å². The summed E-state index contributed by atoms with van der Waals surface area (Å²) in [7, 11) is 0. The van der Waals surface area contributed by atoms with Crippen LogP contribution in [0.2, 0.25) is 0 Å². The van der Waals surface area contributed by atoms with E-state index in [1.807, 2.05) is 47.6 Å². The van der Waals surface area contributed by atoms with Crippen LogP contribution in [0.15, 0.2) is 64.8 Å². The molecule has 6 rings (SSSR count). The van der Waals surface area contributed by atoms with E-state index < -0.39 is 113 Å². The number of benzene rings is 1. The first-order valence-corrected chi connectivity index (χ1v) is 23.3. The van der Waals surface area contributed by atoms with Gasteiger partial charge in [0, 0.05) is 25.2 Å². The number of allylic oxidation sites excluding steroid dienone is 3. The molecule has 2 aliphatic heterocycles. The van der Waals surface area contributed by atoms with Gasteiger partial charge >= 0.3 is 24.0 Å². The zero-order chi connectivity index (χ0) is 48.9. The number of carbonyl (C=O) groups excluding carboxylic acids is 4. The van der Waals surface area contributed by atoms with Crippen molar-refractivity contribution < 1.29 is 67.7 Å². The number of alkyl carbamates (subject to hydrolysis) is 1. The summed E-state index contributed by atoms with van der Waals surface area (Å²) in [6.07, 6.45) is -4.65. The first-order chi connectivity index (χ1) is 30.7. The summed E-state index contributed by atoms with van der Waals surface area (Å²) in [5, 5.41) is 40.4. The van der Waals surface area contributed by atoms with Crippen molar-refractivity contribution in [2.75, 3.05) is 6.61 Å². The average Bonchev–Trinajstić information content (AvgIpc) is 3.46. The molecular formula is C51H73NO14. The van der Waals surface area contributed by atoms with E-state index >= 15 is 0 Å². The molecule has 1 aromatic rings. The Labute approximate surface area is 389 Å². The van der Waals surface area contributed by atoms with Crippen LogP contribution in [0, 0.1) is 22.7 Å². The molecule has 4 N–H and O–H groups in total. The first-order valence-electron chi connectivity index (χ1n) is 23.3. The third kappa shape index (κ3) is 9.75. The van der Waals surface area contributed by atoms with Crippen LogP contribution in [-0.2, 0) is 42.7 Å². The highest BCUT2D eigenvalue weighted by Gasteiger charge is 2.80. The molecule has 0 radical (unpaired) electrons. The molecule has 2 saturated carbocycles. The molecule has 3 aliphatic carbocycles. The van der Waals surface area contributed by atoms with Gasteiger partial charge in [-0.15, -0.1) is 0 Å². The van der Waals surface area contributed by atoms with Gasteiger partial charge in [0.05, 0.1) is 47.4 Å². The molecule has 15 nitrogen and oxygen atoms in total. The Balaban J connectivity index is 1.53. The monoisotopic (exact) mass is 924 g/mol. The Morgan fingerprint density at radius 1 is 0.985 bits per heavy atom. The van der Waals surface area contributed by atoms with Gasteiger partial charge in [0.25, 0.3) is 0 Å². The van der Waals surface area contributed by atoms with Gasteiger partial charge in [0.2, 0.25) is 0 Å². The molecule has 66 heavy (non-hydrogen) atoms. The van der Waals surface area contributed by atoms with Crippen molar-refractivity contribution in [3.05, 3.63) is 70.3 Å². The van der Waals surface area contributed by atoms with Crippen LogP contribution in [0.1, 0.15) is 132 Å². The van der Waals surface area contributed by atoms with Gasteiger partial charge in [0.15, 0.2) is 18.0 Å². The van der Waals surface area contributed by atoms with Gasteiger partial charge in [-0.2, -0.15) is 0 Å². The second-order valence-electron chi connectivity index (χ2n) is 21.5. The minimum atomic E-state index is -1.87. The lowest BCUT2D eigenvalue weighted by atomic mass is 9.49. The normalized spacial score (nSPS) is 33.7. The topological polar surface area (TPSA) is 206 Å². The molecule has 13 atom stereocenters. The Hall–Kier alpha value is -4.12. The molecule has 366 valence electrons. The molecular weight excluding hydrogens is 851 g/mol. The van der Waals surface area contributed by atoms with Crippen LogP contribution in [-0.4, -0.2) is 118 Å². The number of nitrogens with one attached hydrogen (secondary N) is 1. The smallest absolute Gasteiger partial charge is 0.407 e. The van der Waals surface area contributed by atoms with Crippen LogP contribution in [0.5, 0.6) is 0 Å². The quantitative estimate of drug-likeness (QED) is 0.0861. The fourth-order valence-corrected chi connectivity index (χ4v) is 11.4. The molecule has 0 unspecified atom stereocenters. The standard InChI is InChI=1S/C51H73NO14/c1-27(2)18-17-19-29(5)23-37-62-35-24-36-51(26-60-36,65-31(7)53)41-43(64-44(56)32-20-15-14-16-21-32)50(48(11,12)59)25-34(30(6)38(50)40(55)42(63-37)49(35,41)13)61-45(57)39(54)33(22-28(3)4)52-46(58)66-47(8,9)10/h14-16,18,20-21,23,28,33-37,39-43,54-55,59H,17,19,22,24-26H2,1-13H3,(H,52,58)/t33-,34-,35-,36+,37-,39+,40-,41-,42-,43-,49+,50-,51-/m0/s1. The Kier molecular flexibility index (Phi) is 14.8. The summed E-state index contributed by atoms with van der Waals surface area (Å²) >= 11 is 0. The van der Waals surface area contributed by atoms with Crippen molar-refractivity contribution in [1.29, 1.82) is 0 Å². The summed E-state index contributed by atoms with van der Waals surface area (Å²) in [6.45, 7) is 22.8. The summed E-state index contributed by atoms with van der Waals surface area (Å²) in [5.41, 5.74) is -4.30. The average molecular weight is 924 g/mol. The lowest BCUT2D eigenvalue weighted by Gasteiger charge is -2.67. The van der Waals surface area contributed by atoms with E-state index in [9.17, 15) is 34.5 Å². The van der Waals surface area contributed by atoms with Gasteiger partial charge in [-0.25, -0.2) is 14.4 Å². The van der Waals surface area contributed by atoms with Crippen LogP contribution in [0.3, 0.4) is 0 Å². The van der Waals surface area contributed by atoms with Gasteiger partial charge in [0.1, 0.15) is 30.0 Å². The fraction of sp³-hybridized carbons (Fsp3) is 0.686. The number of aliphatic hydroxyl groups is 3. The van der Waals surface area contributed by atoms with E-state index in [4.69, 9.17) is 33.2 Å². The molecule has 0 bridgehead atoms. The van der Waals surface area contributed by atoms with Crippen LogP contribution >= 0.6 is 0 Å². The van der Waals surface area contributed by atoms with E-state index in [2.05, 4.69) is 11.4 Å². The van der Waals surface area contributed by atoms with Crippen molar-refractivity contribution in [1.82, 2.24) is 5.32 Å². The minimum absolute atomic E-state index is 0.0696. The van der Waals surface area contributed by atoms with Gasteiger partial charge in [-0.3, -0.25) is 4.79 Å². The summed E-state index contributed by atoms with van der Waals surface area (Å²) in [5.74, 6) is -3.57. The molecule has 2 heterocycles. The number of esters is 3. The van der Waals surface area contributed by atoms with Gasteiger partial charge in [-0.05, 0) is 117 Å². The minimum Gasteiger partial charge on any atom is -0.457 e. The largest absolute Gasteiger partial charge is 0.457 e. The zero-order valence-corrected chi connectivity index (χ0v) is 41.0. The van der Waals surface area contributed by atoms with Crippen LogP contribution in [0.4, 0.5) is 4.79 Å². The van der Waals surface area contributed by atoms with E-state index in [1.54, 1.807) is 71.9 Å². The molecule has 1 amide bonds. The number of aliphatic hydroxyl groups excluding tert-OH is 2. The highest BCUT2D eigenvalue weighted by atomic mass is 16.7. The summed E-state index contributed by atoms with van der Waals surface area (Å²) in [4.78, 5) is 55.1. The predicted molar refractivity (Wildman–Crippen MR) is 243 cm³/mol.